The number of likely N-dealkylation sites (tertiary alicyclic amines) is 1. The van der Waals surface area contributed by atoms with Crippen LogP contribution in [0.15, 0.2) is 0 Å². The van der Waals surface area contributed by atoms with Crippen molar-refractivity contribution < 1.29 is 22.9 Å². The number of aliphatic hydroxyl groups excluding tert-OH is 1. The molecule has 6 nitrogen and oxygen atoms in total. The van der Waals surface area contributed by atoms with Gasteiger partial charge in [-0.2, -0.15) is 0 Å². The first kappa shape index (κ1) is 25.0. The van der Waals surface area contributed by atoms with Gasteiger partial charge in [-0.25, -0.2) is 8.42 Å². The molecule has 1 aliphatic heterocycles. The van der Waals surface area contributed by atoms with E-state index in [1.807, 2.05) is 0 Å². The first-order valence-electron chi connectivity index (χ1n) is 13.8. The van der Waals surface area contributed by atoms with Crippen molar-refractivity contribution in [3.8, 4) is 0 Å². The Balaban J connectivity index is 1.19. The molecule has 1 saturated heterocycles. The molecule has 5 fully saturated rings. The zero-order valence-electron chi connectivity index (χ0n) is 21.2. The Labute approximate surface area is 206 Å². The summed E-state index contributed by atoms with van der Waals surface area (Å²) in [5.74, 6) is 4.24. The first-order chi connectivity index (χ1) is 15.9. The van der Waals surface area contributed by atoms with Gasteiger partial charge in [-0.1, -0.05) is 20.8 Å². The highest BCUT2D eigenvalue weighted by atomic mass is 32.2. The lowest BCUT2D eigenvalue weighted by atomic mass is 9.44. The van der Waals surface area contributed by atoms with Crippen LogP contribution >= 0.6 is 0 Å². The zero-order chi connectivity index (χ0) is 24.5. The molecule has 34 heavy (non-hydrogen) atoms. The second-order valence-electron chi connectivity index (χ2n) is 13.2. The van der Waals surface area contributed by atoms with Crippen LogP contribution in [0.2, 0.25) is 0 Å². The standard InChI is InChI=1S/C27H45NO5S/c1-17(4-9-25(30)28-15-20(16-28)34(31,32)33)22-7-8-23-21-6-5-18-14-19(29)10-12-26(18,2)24(21)11-13-27(22,23)3/h17-24,29H,4-16H2,1-3H3,(H,31,32,33)/p-1/t17-,18-,19-,21+,22-,23+,24+,26+,27-/m1/s1. The fourth-order valence-electron chi connectivity index (χ4n) is 9.75. The lowest BCUT2D eigenvalue weighted by molar-refractivity contribution is -0.135. The maximum atomic E-state index is 12.6. The highest BCUT2D eigenvalue weighted by Crippen LogP contribution is 2.68. The van der Waals surface area contributed by atoms with Crippen LogP contribution in [0.5, 0.6) is 0 Å². The summed E-state index contributed by atoms with van der Waals surface area (Å²) >= 11 is 0. The molecule has 0 radical (unpaired) electrons. The van der Waals surface area contributed by atoms with Crippen LogP contribution < -0.4 is 0 Å². The minimum absolute atomic E-state index is 0.000825. The number of carbonyl (C=O) groups excluding carboxylic acids is 1. The van der Waals surface area contributed by atoms with E-state index < -0.39 is 15.4 Å². The van der Waals surface area contributed by atoms with Gasteiger partial charge in [-0.05, 0) is 111 Å². The molecule has 5 aliphatic rings. The van der Waals surface area contributed by atoms with Crippen LogP contribution in [0.1, 0.15) is 91.4 Å². The van der Waals surface area contributed by atoms with Gasteiger partial charge in [0, 0.05) is 19.5 Å². The number of fused-ring (bicyclic) bond motifs is 5. The monoisotopic (exact) mass is 494 g/mol. The Bertz CT molecular complexity index is 901. The van der Waals surface area contributed by atoms with Crippen molar-refractivity contribution in [2.45, 2.75) is 103 Å². The predicted molar refractivity (Wildman–Crippen MR) is 130 cm³/mol. The van der Waals surface area contributed by atoms with Crippen LogP contribution in [0.25, 0.3) is 0 Å². The summed E-state index contributed by atoms with van der Waals surface area (Å²) < 4.78 is 33.3. The largest absolute Gasteiger partial charge is 0.748 e. The maximum absolute atomic E-state index is 12.6. The van der Waals surface area contributed by atoms with Gasteiger partial charge >= 0.3 is 0 Å². The summed E-state index contributed by atoms with van der Waals surface area (Å²) in [5.41, 5.74) is 0.770. The van der Waals surface area contributed by atoms with Crippen molar-refractivity contribution in [3.63, 3.8) is 0 Å². The Morgan fingerprint density at radius 1 is 1.03 bits per heavy atom. The number of rotatable bonds is 5. The second kappa shape index (κ2) is 8.72. The number of carbonyl (C=O) groups is 1. The molecule has 0 aromatic heterocycles. The van der Waals surface area contributed by atoms with Gasteiger partial charge in [-0.3, -0.25) is 4.79 Å². The molecular formula is C27H44NO5S-. The summed E-state index contributed by atoms with van der Waals surface area (Å²) in [6.45, 7) is 7.55. The molecule has 0 bridgehead atoms. The molecule has 7 heteroatoms. The topological polar surface area (TPSA) is 97.7 Å². The normalized spacial score (nSPS) is 45.6. The number of amides is 1. The Hall–Kier alpha value is -0.660. The van der Waals surface area contributed by atoms with Crippen LogP contribution in [-0.4, -0.2) is 53.3 Å². The van der Waals surface area contributed by atoms with Gasteiger partial charge in [0.05, 0.1) is 11.4 Å². The molecule has 5 rings (SSSR count). The van der Waals surface area contributed by atoms with E-state index in [1.165, 1.54) is 49.8 Å². The molecule has 1 heterocycles. The third kappa shape index (κ3) is 4.06. The molecule has 0 unspecified atom stereocenters. The fourth-order valence-corrected chi connectivity index (χ4v) is 10.5. The summed E-state index contributed by atoms with van der Waals surface area (Å²) in [4.78, 5) is 14.1. The fraction of sp³-hybridized carbons (Fsp3) is 0.963. The Morgan fingerprint density at radius 3 is 2.41 bits per heavy atom. The number of hydrogen-bond acceptors (Lipinski definition) is 5. The Kier molecular flexibility index (Phi) is 6.42. The van der Waals surface area contributed by atoms with Crippen molar-refractivity contribution in [1.29, 1.82) is 0 Å². The number of nitrogens with zero attached hydrogens (tertiary/aromatic N) is 1. The quantitative estimate of drug-likeness (QED) is 0.578. The van der Waals surface area contributed by atoms with Gasteiger partial charge in [-0.15, -0.1) is 0 Å². The van der Waals surface area contributed by atoms with E-state index in [9.17, 15) is 22.9 Å². The first-order valence-corrected chi connectivity index (χ1v) is 15.3. The second-order valence-corrected chi connectivity index (χ2v) is 14.9. The molecule has 0 aromatic carbocycles. The van der Waals surface area contributed by atoms with E-state index in [0.717, 1.165) is 37.0 Å². The summed E-state index contributed by atoms with van der Waals surface area (Å²) in [6, 6.07) is 0. The average molecular weight is 495 g/mol. The van der Waals surface area contributed by atoms with Gasteiger partial charge < -0.3 is 14.6 Å². The van der Waals surface area contributed by atoms with Crippen LogP contribution in [0.4, 0.5) is 0 Å². The third-order valence-corrected chi connectivity index (χ3v) is 12.9. The van der Waals surface area contributed by atoms with Crippen molar-refractivity contribution in [2.24, 2.45) is 46.3 Å². The van der Waals surface area contributed by atoms with Gasteiger partial charge in [0.25, 0.3) is 0 Å². The van der Waals surface area contributed by atoms with Gasteiger partial charge in [0.1, 0.15) is 10.1 Å². The number of hydrogen-bond donors (Lipinski definition) is 1. The SMILES string of the molecule is C[C@H](CCC(=O)N1CC(S(=O)(=O)[O-])C1)[C@H]1CC[C@H]2[C@@H]3CC[C@@H]4C[C@H](O)CC[C@]4(C)[C@H]3CC[C@]12C. The molecule has 9 atom stereocenters. The van der Waals surface area contributed by atoms with Crippen LogP contribution in [-0.2, 0) is 14.9 Å². The zero-order valence-corrected chi connectivity index (χ0v) is 22.1. The summed E-state index contributed by atoms with van der Waals surface area (Å²) in [7, 11) is -4.28. The van der Waals surface area contributed by atoms with Crippen molar-refractivity contribution in [3.05, 3.63) is 0 Å². The van der Waals surface area contributed by atoms with E-state index in [-0.39, 0.29) is 25.1 Å². The van der Waals surface area contributed by atoms with Crippen molar-refractivity contribution in [1.82, 2.24) is 4.90 Å². The molecular weight excluding hydrogens is 450 g/mol. The summed E-state index contributed by atoms with van der Waals surface area (Å²) in [5, 5.41) is 9.36. The van der Waals surface area contributed by atoms with E-state index in [2.05, 4.69) is 20.8 Å². The summed E-state index contributed by atoms with van der Waals surface area (Å²) in [6.07, 6.45) is 12.2. The van der Waals surface area contributed by atoms with E-state index >= 15 is 0 Å². The molecule has 4 aliphatic carbocycles. The van der Waals surface area contributed by atoms with E-state index in [4.69, 9.17) is 0 Å². The minimum Gasteiger partial charge on any atom is -0.748 e. The highest BCUT2D eigenvalue weighted by Gasteiger charge is 2.60. The molecule has 1 N–H and O–H groups in total. The average Bonchev–Trinajstić information content (AvgIpc) is 3.07. The van der Waals surface area contributed by atoms with Crippen molar-refractivity contribution >= 4 is 16.0 Å². The molecule has 194 valence electrons. The number of aliphatic hydroxyl groups is 1. The van der Waals surface area contributed by atoms with Crippen molar-refractivity contribution in [2.75, 3.05) is 13.1 Å². The van der Waals surface area contributed by atoms with Crippen LogP contribution in [0.3, 0.4) is 0 Å². The van der Waals surface area contributed by atoms with E-state index in [1.54, 1.807) is 0 Å². The molecule has 0 spiro atoms. The molecule has 1 amide bonds. The minimum atomic E-state index is -4.28. The maximum Gasteiger partial charge on any atom is 0.222 e. The highest BCUT2D eigenvalue weighted by molar-refractivity contribution is 7.86. The van der Waals surface area contributed by atoms with Gasteiger partial charge in [0.15, 0.2) is 0 Å². The van der Waals surface area contributed by atoms with Crippen LogP contribution in [0, 0.1) is 46.3 Å². The predicted octanol–water partition coefficient (Wildman–Crippen LogP) is 4.18. The smallest absolute Gasteiger partial charge is 0.222 e. The van der Waals surface area contributed by atoms with E-state index in [0.29, 0.717) is 35.0 Å². The molecule has 0 aromatic rings. The lowest BCUT2D eigenvalue weighted by Crippen LogP contribution is -2.56. The molecule has 4 saturated carbocycles. The third-order valence-electron chi connectivity index (χ3n) is 11.8. The van der Waals surface area contributed by atoms with Gasteiger partial charge in [0.2, 0.25) is 5.91 Å². The Morgan fingerprint density at radius 2 is 1.71 bits per heavy atom. The lowest BCUT2D eigenvalue weighted by Gasteiger charge is -2.61.